The number of hydrogen-bond acceptors (Lipinski definition) is 3. The number of para-hydroxylation sites is 2. The predicted octanol–water partition coefficient (Wildman–Crippen LogP) is 5.69. The molecule has 0 radical (unpaired) electrons. The van der Waals surface area contributed by atoms with Crippen molar-refractivity contribution in [3.8, 4) is 11.5 Å². The van der Waals surface area contributed by atoms with Gasteiger partial charge in [-0.1, -0.05) is 65.7 Å². The van der Waals surface area contributed by atoms with Gasteiger partial charge in [0.05, 0.1) is 17.3 Å². The number of halogens is 2. The SMILES string of the molecule is S=C(N/N=C/c1ccc(Cl)cc1Cl)NC1c2ccccc2Oc2ccccc21. The van der Waals surface area contributed by atoms with Crippen LogP contribution in [-0.2, 0) is 0 Å². The fraction of sp³-hybridized carbons (Fsp3) is 0.0476. The first-order valence-corrected chi connectivity index (χ1v) is 9.68. The van der Waals surface area contributed by atoms with Crippen LogP contribution in [0.15, 0.2) is 71.8 Å². The minimum absolute atomic E-state index is 0.143. The lowest BCUT2D eigenvalue weighted by molar-refractivity contribution is 0.441. The summed E-state index contributed by atoms with van der Waals surface area (Å²) in [6.07, 6.45) is 1.60. The van der Waals surface area contributed by atoms with E-state index in [4.69, 9.17) is 40.2 Å². The maximum atomic E-state index is 6.15. The van der Waals surface area contributed by atoms with Gasteiger partial charge in [0.1, 0.15) is 11.5 Å². The summed E-state index contributed by atoms with van der Waals surface area (Å²) in [5.41, 5.74) is 5.60. The zero-order valence-electron chi connectivity index (χ0n) is 14.5. The molecule has 140 valence electrons. The van der Waals surface area contributed by atoms with Gasteiger partial charge in [0.25, 0.3) is 0 Å². The third-order valence-corrected chi connectivity index (χ3v) is 5.06. The van der Waals surface area contributed by atoms with Crippen LogP contribution in [0.3, 0.4) is 0 Å². The Kier molecular flexibility index (Phi) is 5.48. The third kappa shape index (κ3) is 3.97. The zero-order chi connectivity index (χ0) is 19.5. The molecule has 0 aliphatic carbocycles. The number of rotatable bonds is 3. The summed E-state index contributed by atoms with van der Waals surface area (Å²) in [5, 5.41) is 8.96. The van der Waals surface area contributed by atoms with E-state index >= 15 is 0 Å². The normalized spacial score (nSPS) is 12.8. The van der Waals surface area contributed by atoms with Crippen LogP contribution in [0.2, 0.25) is 10.0 Å². The molecule has 1 aliphatic rings. The highest BCUT2D eigenvalue weighted by Gasteiger charge is 2.27. The Morgan fingerprint density at radius 1 is 0.964 bits per heavy atom. The van der Waals surface area contributed by atoms with Crippen LogP contribution >= 0.6 is 35.4 Å². The van der Waals surface area contributed by atoms with Crippen LogP contribution in [0, 0.1) is 0 Å². The molecule has 3 aromatic rings. The van der Waals surface area contributed by atoms with Gasteiger partial charge >= 0.3 is 0 Å². The van der Waals surface area contributed by atoms with E-state index in [1.54, 1.807) is 24.4 Å². The number of ether oxygens (including phenoxy) is 1. The first-order chi connectivity index (χ1) is 13.6. The second-order valence-electron chi connectivity index (χ2n) is 6.12. The van der Waals surface area contributed by atoms with Gasteiger partial charge in [-0.2, -0.15) is 5.10 Å². The summed E-state index contributed by atoms with van der Waals surface area (Å²) in [4.78, 5) is 0. The van der Waals surface area contributed by atoms with Crippen molar-refractivity contribution in [2.24, 2.45) is 5.10 Å². The minimum atomic E-state index is -0.143. The Labute approximate surface area is 178 Å². The highest BCUT2D eigenvalue weighted by Crippen LogP contribution is 2.42. The average molecular weight is 428 g/mol. The molecule has 28 heavy (non-hydrogen) atoms. The largest absolute Gasteiger partial charge is 0.457 e. The number of nitrogens with one attached hydrogen (secondary N) is 2. The first-order valence-electron chi connectivity index (χ1n) is 8.52. The van der Waals surface area contributed by atoms with E-state index in [0.717, 1.165) is 28.2 Å². The van der Waals surface area contributed by atoms with Crippen molar-refractivity contribution in [3.05, 3.63) is 93.5 Å². The van der Waals surface area contributed by atoms with Crippen LogP contribution in [0.4, 0.5) is 0 Å². The van der Waals surface area contributed by atoms with E-state index in [0.29, 0.717) is 15.2 Å². The topological polar surface area (TPSA) is 45.7 Å². The summed E-state index contributed by atoms with van der Waals surface area (Å²) in [6.45, 7) is 0. The molecule has 1 aliphatic heterocycles. The van der Waals surface area contributed by atoms with Crippen LogP contribution < -0.4 is 15.5 Å². The Morgan fingerprint density at radius 3 is 2.25 bits per heavy atom. The van der Waals surface area contributed by atoms with Gasteiger partial charge in [0.2, 0.25) is 0 Å². The van der Waals surface area contributed by atoms with Gasteiger partial charge in [-0.3, -0.25) is 5.43 Å². The Morgan fingerprint density at radius 2 is 1.61 bits per heavy atom. The van der Waals surface area contributed by atoms with Crippen molar-refractivity contribution < 1.29 is 4.74 Å². The average Bonchev–Trinajstić information content (AvgIpc) is 2.69. The number of benzene rings is 3. The van der Waals surface area contributed by atoms with Crippen molar-refractivity contribution in [2.75, 3.05) is 0 Å². The van der Waals surface area contributed by atoms with E-state index in [-0.39, 0.29) is 6.04 Å². The molecule has 7 heteroatoms. The monoisotopic (exact) mass is 427 g/mol. The molecule has 0 aromatic heterocycles. The van der Waals surface area contributed by atoms with Crippen LogP contribution in [0.25, 0.3) is 0 Å². The second kappa shape index (κ2) is 8.19. The Balaban J connectivity index is 1.51. The molecule has 4 nitrogen and oxygen atoms in total. The van der Waals surface area contributed by atoms with Gasteiger partial charge in [-0.05, 0) is 36.5 Å². The minimum Gasteiger partial charge on any atom is -0.457 e. The standard InChI is InChI=1S/C21H15Cl2N3OS/c22-14-10-9-13(17(23)11-14)12-24-26-21(28)25-20-15-5-1-3-7-18(15)27-19-8-4-2-6-16(19)20/h1-12,20H,(H2,25,26,28)/b24-12+. The summed E-state index contributed by atoms with van der Waals surface area (Å²) in [5.74, 6) is 1.61. The van der Waals surface area contributed by atoms with Gasteiger partial charge in [0, 0.05) is 21.7 Å². The molecule has 1 heterocycles. The smallest absolute Gasteiger partial charge is 0.187 e. The number of thiocarbonyl (C=S) groups is 1. The zero-order valence-corrected chi connectivity index (χ0v) is 16.9. The lowest BCUT2D eigenvalue weighted by Crippen LogP contribution is -2.36. The quantitative estimate of drug-likeness (QED) is 0.320. The predicted molar refractivity (Wildman–Crippen MR) is 118 cm³/mol. The molecule has 3 aromatic carbocycles. The van der Waals surface area contributed by atoms with E-state index in [1.165, 1.54) is 0 Å². The van der Waals surface area contributed by atoms with Gasteiger partial charge in [0.15, 0.2) is 5.11 Å². The van der Waals surface area contributed by atoms with Crippen LogP contribution in [0.1, 0.15) is 22.7 Å². The molecule has 0 saturated carbocycles. The molecule has 0 amide bonds. The molecule has 2 N–H and O–H groups in total. The van der Waals surface area contributed by atoms with Crippen molar-refractivity contribution in [1.29, 1.82) is 0 Å². The lowest BCUT2D eigenvalue weighted by atomic mass is 9.95. The van der Waals surface area contributed by atoms with E-state index in [2.05, 4.69) is 15.8 Å². The van der Waals surface area contributed by atoms with Crippen molar-refractivity contribution >= 4 is 46.7 Å². The molecule has 0 fully saturated rings. The second-order valence-corrected chi connectivity index (χ2v) is 7.37. The van der Waals surface area contributed by atoms with Crippen molar-refractivity contribution in [2.45, 2.75) is 6.04 Å². The summed E-state index contributed by atoms with van der Waals surface area (Å²) >= 11 is 17.5. The Bertz CT molecular complexity index is 1030. The fourth-order valence-corrected chi connectivity index (χ4v) is 3.62. The number of hydrazone groups is 1. The Hall–Kier alpha value is -2.60. The van der Waals surface area contributed by atoms with Crippen LogP contribution in [-0.4, -0.2) is 11.3 Å². The molecule has 0 spiro atoms. The van der Waals surface area contributed by atoms with Gasteiger partial charge in [-0.15, -0.1) is 0 Å². The molecule has 4 rings (SSSR count). The van der Waals surface area contributed by atoms with E-state index < -0.39 is 0 Å². The maximum Gasteiger partial charge on any atom is 0.187 e. The summed E-state index contributed by atoms with van der Waals surface area (Å²) in [7, 11) is 0. The number of fused-ring (bicyclic) bond motifs is 2. The van der Waals surface area contributed by atoms with Crippen LogP contribution in [0.5, 0.6) is 11.5 Å². The molecular weight excluding hydrogens is 413 g/mol. The summed E-state index contributed by atoms with van der Waals surface area (Å²) in [6, 6.07) is 20.8. The maximum absolute atomic E-state index is 6.15. The van der Waals surface area contributed by atoms with Gasteiger partial charge in [-0.25, -0.2) is 0 Å². The first kappa shape index (κ1) is 18.7. The number of nitrogens with zero attached hydrogens (tertiary/aromatic N) is 1. The van der Waals surface area contributed by atoms with Crippen molar-refractivity contribution in [1.82, 2.24) is 10.7 Å². The van der Waals surface area contributed by atoms with Gasteiger partial charge < -0.3 is 10.1 Å². The molecular formula is C21H15Cl2N3OS. The van der Waals surface area contributed by atoms with E-state index in [9.17, 15) is 0 Å². The van der Waals surface area contributed by atoms with Crippen molar-refractivity contribution in [3.63, 3.8) is 0 Å². The lowest BCUT2D eigenvalue weighted by Gasteiger charge is -2.29. The molecule has 0 atom stereocenters. The number of hydrogen-bond donors (Lipinski definition) is 2. The summed E-state index contributed by atoms with van der Waals surface area (Å²) < 4.78 is 5.99. The highest BCUT2D eigenvalue weighted by atomic mass is 35.5. The molecule has 0 bridgehead atoms. The molecule has 0 saturated heterocycles. The van der Waals surface area contributed by atoms with E-state index in [1.807, 2.05) is 48.5 Å². The third-order valence-electron chi connectivity index (χ3n) is 4.29. The fourth-order valence-electron chi connectivity index (χ4n) is 3.00. The highest BCUT2D eigenvalue weighted by molar-refractivity contribution is 7.80. The molecule has 0 unspecified atom stereocenters.